The van der Waals surface area contributed by atoms with E-state index in [1.807, 2.05) is 61.6 Å². The smallest absolute Gasteiger partial charge is 0.234 e. The number of carbonyl (C=O) groups excluding carboxylic acids is 2. The predicted molar refractivity (Wildman–Crippen MR) is 176 cm³/mol. The molecule has 1 aromatic heterocycles. The summed E-state index contributed by atoms with van der Waals surface area (Å²) in [4.78, 5) is 27.7. The first-order valence-corrected chi connectivity index (χ1v) is 15.2. The highest BCUT2D eigenvalue weighted by atomic mass is 35.5. The fourth-order valence-electron chi connectivity index (χ4n) is 5.09. The number of benzene rings is 4. The van der Waals surface area contributed by atoms with Crippen LogP contribution >= 0.6 is 23.4 Å². The topological polar surface area (TPSA) is 89.3 Å². The molecule has 8 nitrogen and oxygen atoms in total. The number of amides is 1. The number of hydrogen-bond acceptors (Lipinski definition) is 7. The fourth-order valence-corrected chi connectivity index (χ4v) is 5.97. The van der Waals surface area contributed by atoms with Crippen LogP contribution in [-0.2, 0) is 4.79 Å². The van der Waals surface area contributed by atoms with Gasteiger partial charge >= 0.3 is 0 Å². The van der Waals surface area contributed by atoms with Gasteiger partial charge in [-0.1, -0.05) is 65.8 Å². The van der Waals surface area contributed by atoms with Gasteiger partial charge in [0.2, 0.25) is 5.91 Å². The maximum Gasteiger partial charge on any atom is 0.234 e. The van der Waals surface area contributed by atoms with E-state index in [0.717, 1.165) is 34.0 Å². The van der Waals surface area contributed by atoms with Crippen LogP contribution in [0.1, 0.15) is 27.7 Å². The Morgan fingerprint density at radius 2 is 1.68 bits per heavy atom. The molecule has 6 rings (SSSR count). The standard InChI is InChI=1S/C34H28ClN5O3S/c1-39-29-6-4-3-5-28(29)32-37-38-34(40(32)33(39)24-12-18-27(43-2)19-13-24)44-21-31(42)36-26-16-10-23(11-17-26)30(41)20-9-22-7-14-25(35)15-8-22/h3-20,33H,21H2,1-2H3,(H,36,42)/b20-9+. The van der Waals surface area contributed by atoms with E-state index in [0.29, 0.717) is 21.4 Å². The van der Waals surface area contributed by atoms with Crippen LogP contribution in [0.15, 0.2) is 108 Å². The van der Waals surface area contributed by atoms with Crippen molar-refractivity contribution in [3.8, 4) is 17.1 Å². The van der Waals surface area contributed by atoms with Gasteiger partial charge in [-0.2, -0.15) is 0 Å². The summed E-state index contributed by atoms with van der Waals surface area (Å²) in [6, 6.07) is 30.1. The Hall–Kier alpha value is -4.86. The number of methoxy groups -OCH3 is 1. The Kier molecular flexibility index (Phi) is 8.49. The summed E-state index contributed by atoms with van der Waals surface area (Å²) < 4.78 is 7.43. The lowest BCUT2D eigenvalue weighted by molar-refractivity contribution is -0.113. The number of hydrogen-bond donors (Lipinski definition) is 1. The van der Waals surface area contributed by atoms with Gasteiger partial charge in [0.15, 0.2) is 16.8 Å². The molecule has 0 aliphatic carbocycles. The van der Waals surface area contributed by atoms with E-state index >= 15 is 0 Å². The monoisotopic (exact) mass is 621 g/mol. The summed E-state index contributed by atoms with van der Waals surface area (Å²) in [5.74, 6) is 1.31. The van der Waals surface area contributed by atoms with Gasteiger partial charge in [-0.05, 0) is 77.9 Å². The lowest BCUT2D eigenvalue weighted by Gasteiger charge is -2.37. The summed E-state index contributed by atoms with van der Waals surface area (Å²) in [5.41, 5.74) is 5.05. The molecule has 1 unspecified atom stereocenters. The third-order valence-electron chi connectivity index (χ3n) is 7.30. The van der Waals surface area contributed by atoms with Crippen molar-refractivity contribution in [1.82, 2.24) is 14.8 Å². The number of nitrogens with one attached hydrogen (secondary N) is 1. The van der Waals surface area contributed by atoms with Crippen molar-refractivity contribution in [3.63, 3.8) is 0 Å². The first-order chi connectivity index (χ1) is 21.4. The van der Waals surface area contributed by atoms with Crippen molar-refractivity contribution in [2.75, 3.05) is 30.1 Å². The Labute approximate surface area is 264 Å². The highest BCUT2D eigenvalue weighted by molar-refractivity contribution is 7.99. The molecule has 4 aromatic carbocycles. The number of nitrogens with zero attached hydrogens (tertiary/aromatic N) is 4. The maximum absolute atomic E-state index is 13.0. The largest absolute Gasteiger partial charge is 0.497 e. The first-order valence-electron chi connectivity index (χ1n) is 13.8. The van der Waals surface area contributed by atoms with E-state index in [1.165, 1.54) is 17.8 Å². The Balaban J connectivity index is 1.15. The van der Waals surface area contributed by atoms with Crippen molar-refractivity contribution in [2.45, 2.75) is 11.3 Å². The zero-order valence-corrected chi connectivity index (χ0v) is 25.5. The predicted octanol–water partition coefficient (Wildman–Crippen LogP) is 7.23. The average molecular weight is 622 g/mol. The van der Waals surface area contributed by atoms with E-state index in [9.17, 15) is 9.59 Å². The third kappa shape index (κ3) is 6.10. The highest BCUT2D eigenvalue weighted by Crippen LogP contribution is 2.43. The van der Waals surface area contributed by atoms with Crippen LogP contribution in [0.3, 0.4) is 0 Å². The number of para-hydroxylation sites is 1. The van der Waals surface area contributed by atoms with Gasteiger partial charge < -0.3 is 15.0 Å². The summed E-state index contributed by atoms with van der Waals surface area (Å²) >= 11 is 7.24. The van der Waals surface area contributed by atoms with Gasteiger partial charge in [-0.15, -0.1) is 10.2 Å². The molecule has 1 aliphatic heterocycles. The van der Waals surface area contributed by atoms with Crippen LogP contribution in [0.2, 0.25) is 5.02 Å². The minimum atomic E-state index is -0.217. The second kappa shape index (κ2) is 12.8. The average Bonchev–Trinajstić information content (AvgIpc) is 3.48. The number of allylic oxidation sites excluding steroid dienone is 1. The maximum atomic E-state index is 13.0. The number of fused-ring (bicyclic) bond motifs is 3. The van der Waals surface area contributed by atoms with Crippen molar-refractivity contribution < 1.29 is 14.3 Å². The number of aromatic nitrogens is 3. The first kappa shape index (κ1) is 29.2. The summed E-state index contributed by atoms with van der Waals surface area (Å²) in [7, 11) is 3.69. The molecule has 1 amide bonds. The minimum Gasteiger partial charge on any atom is -0.497 e. The third-order valence-corrected chi connectivity index (χ3v) is 8.49. The molecule has 0 fully saturated rings. The molecule has 220 valence electrons. The van der Waals surface area contributed by atoms with E-state index in [4.69, 9.17) is 16.3 Å². The minimum absolute atomic E-state index is 0.128. The molecule has 0 saturated carbocycles. The second-order valence-corrected chi connectivity index (χ2v) is 11.5. The number of ether oxygens (including phenoxy) is 1. The Morgan fingerprint density at radius 1 is 0.955 bits per heavy atom. The lowest BCUT2D eigenvalue weighted by atomic mass is 10.0. The molecule has 1 atom stereocenters. The van der Waals surface area contributed by atoms with Crippen molar-refractivity contribution in [2.24, 2.45) is 0 Å². The van der Waals surface area contributed by atoms with E-state index in [1.54, 1.807) is 49.6 Å². The quantitative estimate of drug-likeness (QED) is 0.105. The fraction of sp³-hybridized carbons (Fsp3) is 0.118. The number of ketones is 1. The van der Waals surface area contributed by atoms with Gasteiger partial charge in [-0.25, -0.2) is 0 Å². The van der Waals surface area contributed by atoms with Gasteiger partial charge in [0, 0.05) is 34.6 Å². The number of anilines is 2. The van der Waals surface area contributed by atoms with Crippen LogP contribution in [0.25, 0.3) is 17.5 Å². The zero-order chi connectivity index (χ0) is 30.6. The molecular weight excluding hydrogens is 594 g/mol. The zero-order valence-electron chi connectivity index (χ0n) is 24.0. The molecule has 1 N–H and O–H groups in total. The Morgan fingerprint density at radius 3 is 2.41 bits per heavy atom. The van der Waals surface area contributed by atoms with Crippen LogP contribution in [0, 0.1) is 0 Å². The Bertz CT molecular complexity index is 1840. The second-order valence-electron chi connectivity index (χ2n) is 10.1. The number of thioether (sulfide) groups is 1. The molecular formula is C34H28ClN5O3S. The lowest BCUT2D eigenvalue weighted by Crippen LogP contribution is -2.34. The normalized spacial score (nSPS) is 13.8. The summed E-state index contributed by atoms with van der Waals surface area (Å²) in [5, 5.41) is 13.2. The van der Waals surface area contributed by atoms with Crippen LogP contribution in [0.4, 0.5) is 11.4 Å². The molecule has 0 saturated heterocycles. The molecule has 0 radical (unpaired) electrons. The number of halogens is 1. The summed E-state index contributed by atoms with van der Waals surface area (Å²) in [6.07, 6.45) is 3.04. The van der Waals surface area contributed by atoms with Crippen molar-refractivity contribution in [3.05, 3.63) is 125 Å². The molecule has 44 heavy (non-hydrogen) atoms. The number of carbonyl (C=O) groups is 2. The summed E-state index contributed by atoms with van der Waals surface area (Å²) in [6.45, 7) is 0. The molecule has 5 aromatic rings. The van der Waals surface area contributed by atoms with E-state index in [2.05, 4.69) is 31.0 Å². The number of rotatable bonds is 9. The SMILES string of the molecule is COc1ccc(C2N(C)c3ccccc3-c3nnc(SCC(=O)Nc4ccc(C(=O)/C=C/c5ccc(Cl)cc5)cc4)n32)cc1. The van der Waals surface area contributed by atoms with Crippen LogP contribution in [-0.4, -0.2) is 46.4 Å². The van der Waals surface area contributed by atoms with E-state index < -0.39 is 0 Å². The molecule has 1 aliphatic rings. The highest BCUT2D eigenvalue weighted by Gasteiger charge is 2.33. The molecule has 0 bridgehead atoms. The van der Waals surface area contributed by atoms with Gasteiger partial charge in [0.1, 0.15) is 11.9 Å². The van der Waals surface area contributed by atoms with Gasteiger partial charge in [-0.3, -0.25) is 14.2 Å². The van der Waals surface area contributed by atoms with Crippen molar-refractivity contribution >= 4 is 52.5 Å². The van der Waals surface area contributed by atoms with Crippen molar-refractivity contribution in [1.29, 1.82) is 0 Å². The van der Waals surface area contributed by atoms with Crippen LogP contribution < -0.4 is 15.0 Å². The van der Waals surface area contributed by atoms with Gasteiger partial charge in [0.25, 0.3) is 0 Å². The molecule has 10 heteroatoms. The molecule has 0 spiro atoms. The van der Waals surface area contributed by atoms with E-state index in [-0.39, 0.29) is 23.6 Å². The molecule has 2 heterocycles. The van der Waals surface area contributed by atoms with Gasteiger partial charge in [0.05, 0.1) is 12.9 Å². The van der Waals surface area contributed by atoms with Crippen LogP contribution in [0.5, 0.6) is 5.75 Å².